The molecule has 0 saturated heterocycles. The van der Waals surface area contributed by atoms with Gasteiger partial charge in [0.05, 0.1) is 25.4 Å². The Balaban J connectivity index is 1.71. The summed E-state index contributed by atoms with van der Waals surface area (Å²) in [5.74, 6) is 0.855. The van der Waals surface area contributed by atoms with Crippen LogP contribution in [0.4, 0.5) is 0 Å². The van der Waals surface area contributed by atoms with Gasteiger partial charge in [0.15, 0.2) is 0 Å². The van der Waals surface area contributed by atoms with E-state index in [0.29, 0.717) is 18.7 Å². The number of hydrogen-bond donors (Lipinski definition) is 1. The Morgan fingerprint density at radius 2 is 1.23 bits per heavy atom. The molecule has 6 heteroatoms. The molecule has 1 unspecified atom stereocenters. The van der Waals surface area contributed by atoms with Crippen LogP contribution < -0.4 is 10.1 Å². The molecule has 1 N–H and O–H groups in total. The van der Waals surface area contributed by atoms with Gasteiger partial charge in [0, 0.05) is 12.1 Å². The average Bonchev–Trinajstić information content (AvgIpc) is 2.95. The number of rotatable bonds is 17. The van der Waals surface area contributed by atoms with Crippen molar-refractivity contribution in [3.63, 3.8) is 0 Å². The topological polar surface area (TPSA) is 43.0 Å². The number of nitrogens with one attached hydrogen (secondary N) is 1. The van der Waals surface area contributed by atoms with E-state index in [-0.39, 0.29) is 6.10 Å². The van der Waals surface area contributed by atoms with Gasteiger partial charge in [-0.15, -0.1) is 0 Å². The van der Waals surface area contributed by atoms with Crippen molar-refractivity contribution in [3.8, 4) is 5.75 Å². The number of benzene rings is 3. The summed E-state index contributed by atoms with van der Waals surface area (Å²) in [6, 6.07) is 30.6. The van der Waals surface area contributed by atoms with E-state index in [0.717, 1.165) is 31.6 Å². The monoisotopic (exact) mass is 564 g/mol. The van der Waals surface area contributed by atoms with E-state index in [1.807, 2.05) is 12.1 Å². The molecule has 40 heavy (non-hydrogen) atoms. The maximum Gasteiger partial charge on any atom is 0.259 e. The normalized spacial score (nSPS) is 13.0. The van der Waals surface area contributed by atoms with Gasteiger partial charge in [-0.1, -0.05) is 72.8 Å². The van der Waals surface area contributed by atoms with Crippen LogP contribution in [0.15, 0.2) is 84.9 Å². The number of ether oxygens (including phenoxy) is 1. The zero-order chi connectivity index (χ0) is 29.0. The molecule has 1 atom stereocenters. The SMILES string of the molecule is COc1ccc(C(NCCCCCOP(OC(C)C)N(C(C)C)C(C)C)(c2ccccc2)c2ccccc2)cc1. The number of hydrogen-bond acceptors (Lipinski definition) is 5. The summed E-state index contributed by atoms with van der Waals surface area (Å²) in [4.78, 5) is 0. The van der Waals surface area contributed by atoms with Crippen LogP contribution in [0.25, 0.3) is 0 Å². The maximum absolute atomic E-state index is 6.35. The molecule has 3 aromatic rings. The Morgan fingerprint density at radius 1 is 0.700 bits per heavy atom. The van der Waals surface area contributed by atoms with Gasteiger partial charge in [-0.05, 0) is 96.2 Å². The first-order chi connectivity index (χ1) is 19.3. The van der Waals surface area contributed by atoms with Crippen LogP contribution in [0, 0.1) is 0 Å². The number of unbranched alkanes of at least 4 members (excludes halogenated alkanes) is 2. The Bertz CT molecular complexity index is 1040. The van der Waals surface area contributed by atoms with Crippen LogP contribution in [0.3, 0.4) is 0 Å². The summed E-state index contributed by atoms with van der Waals surface area (Å²) in [6.45, 7) is 14.6. The molecule has 3 aromatic carbocycles. The molecule has 0 radical (unpaired) electrons. The Kier molecular flexibility index (Phi) is 13.1. The second kappa shape index (κ2) is 16.2. The second-order valence-corrected chi connectivity index (χ2v) is 12.4. The first-order valence-electron chi connectivity index (χ1n) is 14.7. The lowest BCUT2D eigenvalue weighted by molar-refractivity contribution is 0.146. The summed E-state index contributed by atoms with van der Waals surface area (Å²) >= 11 is 0. The van der Waals surface area contributed by atoms with Crippen molar-refractivity contribution in [2.45, 2.75) is 84.5 Å². The summed E-state index contributed by atoms with van der Waals surface area (Å²) in [5, 5.41) is 3.98. The quantitative estimate of drug-likeness (QED) is 0.101. The van der Waals surface area contributed by atoms with E-state index in [9.17, 15) is 0 Å². The predicted molar refractivity (Wildman–Crippen MR) is 169 cm³/mol. The minimum absolute atomic E-state index is 0.136. The molecule has 0 aliphatic carbocycles. The van der Waals surface area contributed by atoms with Crippen LogP contribution in [0.2, 0.25) is 0 Å². The minimum atomic E-state index is -1.07. The van der Waals surface area contributed by atoms with Crippen LogP contribution in [-0.4, -0.2) is 43.1 Å². The van der Waals surface area contributed by atoms with Gasteiger partial charge < -0.3 is 13.8 Å². The average molecular weight is 565 g/mol. The van der Waals surface area contributed by atoms with Crippen molar-refractivity contribution in [1.82, 2.24) is 9.99 Å². The van der Waals surface area contributed by atoms with Gasteiger partial charge in [-0.25, -0.2) is 4.67 Å². The van der Waals surface area contributed by atoms with Gasteiger partial charge in [-0.2, -0.15) is 0 Å². The van der Waals surface area contributed by atoms with Crippen molar-refractivity contribution in [1.29, 1.82) is 0 Å². The van der Waals surface area contributed by atoms with E-state index < -0.39 is 14.1 Å². The van der Waals surface area contributed by atoms with Crippen molar-refractivity contribution in [3.05, 3.63) is 102 Å². The second-order valence-electron chi connectivity index (χ2n) is 11.0. The first-order valence-corrected chi connectivity index (χ1v) is 15.8. The zero-order valence-electron chi connectivity index (χ0n) is 25.5. The van der Waals surface area contributed by atoms with E-state index in [2.05, 4.69) is 124 Å². The molecular formula is C34H49N2O3P. The standard InChI is InChI=1S/C34H49N2O3P/c1-27(2)36(28(3)4)40(39-29(5)6)38-26-16-10-15-25-35-34(30-17-11-8-12-18-30,31-19-13-9-14-20-31)32-21-23-33(37-7)24-22-32/h8-9,11-14,17-24,27-29,35H,10,15-16,25-26H2,1-7H3. The third-order valence-electron chi connectivity index (χ3n) is 6.90. The van der Waals surface area contributed by atoms with E-state index >= 15 is 0 Å². The van der Waals surface area contributed by atoms with Crippen molar-refractivity contribution < 1.29 is 13.8 Å². The molecule has 0 amide bonds. The number of nitrogens with zero attached hydrogens (tertiary/aromatic N) is 1. The maximum atomic E-state index is 6.35. The predicted octanol–water partition coefficient (Wildman–Crippen LogP) is 8.53. The Morgan fingerprint density at radius 3 is 1.70 bits per heavy atom. The molecule has 0 aliphatic rings. The molecule has 0 bridgehead atoms. The van der Waals surface area contributed by atoms with Gasteiger partial charge in [0.2, 0.25) is 0 Å². The van der Waals surface area contributed by atoms with Crippen molar-refractivity contribution >= 4 is 8.53 Å². The summed E-state index contributed by atoms with van der Waals surface area (Å²) in [5.41, 5.74) is 3.15. The van der Waals surface area contributed by atoms with Gasteiger partial charge >= 0.3 is 0 Å². The highest BCUT2D eigenvalue weighted by Crippen LogP contribution is 2.47. The molecule has 0 fully saturated rings. The molecule has 5 nitrogen and oxygen atoms in total. The van der Waals surface area contributed by atoms with Crippen LogP contribution in [0.5, 0.6) is 5.75 Å². The molecule has 0 aliphatic heterocycles. The molecule has 0 saturated carbocycles. The van der Waals surface area contributed by atoms with Crippen LogP contribution in [0.1, 0.15) is 77.5 Å². The van der Waals surface area contributed by atoms with Gasteiger partial charge in [0.1, 0.15) is 5.75 Å². The molecular weight excluding hydrogens is 515 g/mol. The highest BCUT2D eigenvalue weighted by atomic mass is 31.2. The number of methoxy groups -OCH3 is 1. The smallest absolute Gasteiger partial charge is 0.259 e. The fourth-order valence-corrected chi connectivity index (χ4v) is 6.85. The van der Waals surface area contributed by atoms with Crippen molar-refractivity contribution in [2.75, 3.05) is 20.3 Å². The Labute approximate surface area is 244 Å². The molecule has 218 valence electrons. The molecule has 0 spiro atoms. The highest BCUT2D eigenvalue weighted by molar-refractivity contribution is 7.44. The first kappa shape index (κ1) is 32.2. The van der Waals surface area contributed by atoms with Crippen molar-refractivity contribution in [2.24, 2.45) is 0 Å². The molecule has 0 aromatic heterocycles. The lowest BCUT2D eigenvalue weighted by Crippen LogP contribution is -2.45. The molecule has 3 rings (SSSR count). The third-order valence-corrected chi connectivity index (χ3v) is 9.20. The lowest BCUT2D eigenvalue weighted by Gasteiger charge is -2.37. The minimum Gasteiger partial charge on any atom is -0.497 e. The largest absolute Gasteiger partial charge is 0.497 e. The van der Waals surface area contributed by atoms with Gasteiger partial charge in [0.25, 0.3) is 8.53 Å². The van der Waals surface area contributed by atoms with E-state index in [4.69, 9.17) is 13.8 Å². The Hall–Kier alpha value is -2.27. The summed E-state index contributed by atoms with van der Waals surface area (Å²) in [7, 11) is 0.635. The lowest BCUT2D eigenvalue weighted by atomic mass is 9.77. The third kappa shape index (κ3) is 8.61. The van der Waals surface area contributed by atoms with Crippen LogP contribution in [-0.2, 0) is 14.6 Å². The van der Waals surface area contributed by atoms with E-state index in [1.165, 1.54) is 16.7 Å². The molecule has 0 heterocycles. The fourth-order valence-electron chi connectivity index (χ4n) is 5.15. The summed E-state index contributed by atoms with van der Waals surface area (Å²) in [6.07, 6.45) is 3.25. The van der Waals surface area contributed by atoms with E-state index in [1.54, 1.807) is 7.11 Å². The summed E-state index contributed by atoms with van der Waals surface area (Å²) < 4.78 is 20.4. The zero-order valence-corrected chi connectivity index (χ0v) is 26.4. The van der Waals surface area contributed by atoms with Crippen LogP contribution >= 0.6 is 8.53 Å². The van der Waals surface area contributed by atoms with Gasteiger partial charge in [-0.3, -0.25) is 5.32 Å². The highest BCUT2D eigenvalue weighted by Gasteiger charge is 2.35. The fraction of sp³-hybridized carbons (Fsp3) is 0.471.